The standard InChI is InChI=1S/C24H22N4O/c25-14-16-1-3-17(4-2-16)18-5-7-19(8-6-18)24(29)28(21-9-10-21)22-11-12-23-20(13-22)15-26-27-23/h1-8,15,21-22H,9-13H2,(H,26,27). The van der Waals surface area contributed by atoms with Crippen LogP contribution in [0.3, 0.4) is 0 Å². The third kappa shape index (κ3) is 3.42. The maximum Gasteiger partial charge on any atom is 0.254 e. The number of benzene rings is 2. The highest BCUT2D eigenvalue weighted by Gasteiger charge is 2.39. The van der Waals surface area contributed by atoms with E-state index in [1.54, 1.807) is 0 Å². The molecule has 1 amide bonds. The molecule has 1 fully saturated rings. The van der Waals surface area contributed by atoms with Crippen LogP contribution < -0.4 is 0 Å². The quantitative estimate of drug-likeness (QED) is 0.738. The minimum Gasteiger partial charge on any atom is -0.332 e. The molecule has 1 N–H and O–H groups in total. The maximum absolute atomic E-state index is 13.4. The lowest BCUT2D eigenvalue weighted by atomic mass is 9.91. The highest BCUT2D eigenvalue weighted by atomic mass is 16.2. The van der Waals surface area contributed by atoms with Gasteiger partial charge >= 0.3 is 0 Å². The van der Waals surface area contributed by atoms with Crippen LogP contribution in [0.4, 0.5) is 0 Å². The van der Waals surface area contributed by atoms with E-state index in [9.17, 15) is 4.79 Å². The van der Waals surface area contributed by atoms with E-state index in [2.05, 4.69) is 21.2 Å². The summed E-state index contributed by atoms with van der Waals surface area (Å²) < 4.78 is 0. The van der Waals surface area contributed by atoms with Gasteiger partial charge in [-0.25, -0.2) is 0 Å². The molecule has 5 heteroatoms. The second kappa shape index (κ2) is 7.21. The van der Waals surface area contributed by atoms with E-state index < -0.39 is 0 Å². The normalized spacial score (nSPS) is 18.0. The fourth-order valence-electron chi connectivity index (χ4n) is 4.31. The summed E-state index contributed by atoms with van der Waals surface area (Å²) in [5, 5.41) is 16.2. The Balaban J connectivity index is 1.36. The van der Waals surface area contributed by atoms with Gasteiger partial charge in [0.1, 0.15) is 0 Å². The van der Waals surface area contributed by atoms with E-state index in [1.807, 2.05) is 54.7 Å². The summed E-state index contributed by atoms with van der Waals surface area (Å²) in [6, 6.07) is 18.1. The predicted octanol–water partition coefficient (Wildman–Crippen LogP) is 4.11. The van der Waals surface area contributed by atoms with Crippen molar-refractivity contribution in [1.29, 1.82) is 5.26 Å². The number of aromatic nitrogens is 2. The van der Waals surface area contributed by atoms with Gasteiger partial charge in [-0.05, 0) is 73.1 Å². The summed E-state index contributed by atoms with van der Waals surface area (Å²) in [6.07, 6.45) is 6.93. The van der Waals surface area contributed by atoms with Crippen LogP contribution in [0.25, 0.3) is 11.1 Å². The molecule has 29 heavy (non-hydrogen) atoms. The van der Waals surface area contributed by atoms with Gasteiger partial charge < -0.3 is 4.90 Å². The number of nitriles is 1. The van der Waals surface area contributed by atoms with Crippen molar-refractivity contribution in [3.05, 3.63) is 77.1 Å². The fourth-order valence-corrected chi connectivity index (χ4v) is 4.31. The number of amides is 1. The van der Waals surface area contributed by atoms with Gasteiger partial charge in [-0.2, -0.15) is 10.4 Å². The van der Waals surface area contributed by atoms with Crippen LogP contribution >= 0.6 is 0 Å². The molecule has 1 saturated carbocycles. The summed E-state index contributed by atoms with van der Waals surface area (Å²) in [5.41, 5.74) is 5.94. The van der Waals surface area contributed by atoms with Crippen molar-refractivity contribution in [2.45, 2.75) is 44.2 Å². The van der Waals surface area contributed by atoms with E-state index in [4.69, 9.17) is 5.26 Å². The Hall–Kier alpha value is -3.39. The first-order valence-corrected chi connectivity index (χ1v) is 10.2. The number of carbonyl (C=O) groups excluding carboxylic acids is 1. The molecule has 2 aliphatic rings. The number of hydrogen-bond donors (Lipinski definition) is 1. The van der Waals surface area contributed by atoms with Crippen molar-refractivity contribution in [1.82, 2.24) is 15.1 Å². The van der Waals surface area contributed by atoms with Gasteiger partial charge in [-0.3, -0.25) is 9.89 Å². The number of carbonyl (C=O) groups is 1. The van der Waals surface area contributed by atoms with Gasteiger partial charge in [0.2, 0.25) is 0 Å². The first kappa shape index (κ1) is 17.7. The number of aryl methyl sites for hydroxylation is 1. The number of nitrogens with one attached hydrogen (secondary N) is 1. The Morgan fingerprint density at radius 3 is 2.34 bits per heavy atom. The number of rotatable bonds is 4. The van der Waals surface area contributed by atoms with E-state index in [1.165, 1.54) is 11.3 Å². The Labute approximate surface area is 170 Å². The van der Waals surface area contributed by atoms with Crippen molar-refractivity contribution < 1.29 is 4.79 Å². The lowest BCUT2D eigenvalue weighted by Gasteiger charge is -2.34. The van der Waals surface area contributed by atoms with Crippen LogP contribution in [0.15, 0.2) is 54.7 Å². The molecule has 1 unspecified atom stereocenters. The Kier molecular flexibility index (Phi) is 4.40. The van der Waals surface area contributed by atoms with E-state index in [0.717, 1.165) is 48.8 Å². The number of fused-ring (bicyclic) bond motifs is 1. The summed E-state index contributed by atoms with van der Waals surface area (Å²) in [5.74, 6) is 0.135. The van der Waals surface area contributed by atoms with Crippen LogP contribution in [0.1, 0.15) is 46.4 Å². The molecule has 0 saturated heterocycles. The second-order valence-electron chi connectivity index (χ2n) is 7.98. The van der Waals surface area contributed by atoms with Crippen molar-refractivity contribution >= 4 is 5.91 Å². The Bertz CT molecular complexity index is 1070. The smallest absolute Gasteiger partial charge is 0.254 e. The van der Waals surface area contributed by atoms with Gasteiger partial charge in [0.25, 0.3) is 5.91 Å². The van der Waals surface area contributed by atoms with Gasteiger partial charge in [-0.15, -0.1) is 0 Å². The minimum absolute atomic E-state index is 0.135. The van der Waals surface area contributed by atoms with Gasteiger partial charge in [0, 0.05) is 23.3 Å². The Morgan fingerprint density at radius 2 is 1.69 bits per heavy atom. The van der Waals surface area contributed by atoms with Crippen LogP contribution in [0.2, 0.25) is 0 Å². The summed E-state index contributed by atoms with van der Waals surface area (Å²) in [6.45, 7) is 0. The molecular formula is C24H22N4O. The van der Waals surface area contributed by atoms with E-state index in [-0.39, 0.29) is 11.9 Å². The first-order chi connectivity index (χ1) is 14.2. The average molecular weight is 382 g/mol. The molecule has 3 aromatic rings. The molecule has 0 bridgehead atoms. The van der Waals surface area contributed by atoms with Crippen LogP contribution in [0, 0.1) is 11.3 Å². The second-order valence-corrected chi connectivity index (χ2v) is 7.98. The molecule has 1 atom stereocenters. The summed E-state index contributed by atoms with van der Waals surface area (Å²) >= 11 is 0. The maximum atomic E-state index is 13.4. The largest absolute Gasteiger partial charge is 0.332 e. The fraction of sp³-hybridized carbons (Fsp3) is 0.292. The van der Waals surface area contributed by atoms with Crippen LogP contribution in [-0.4, -0.2) is 33.1 Å². The van der Waals surface area contributed by atoms with Crippen LogP contribution in [0.5, 0.6) is 0 Å². The number of hydrogen-bond acceptors (Lipinski definition) is 3. The summed E-state index contributed by atoms with van der Waals surface area (Å²) in [7, 11) is 0. The molecule has 0 radical (unpaired) electrons. The van der Waals surface area contributed by atoms with Crippen LogP contribution in [-0.2, 0) is 12.8 Å². The first-order valence-electron chi connectivity index (χ1n) is 10.2. The van der Waals surface area contributed by atoms with Crippen molar-refractivity contribution in [2.75, 3.05) is 0 Å². The molecule has 0 spiro atoms. The molecule has 1 aromatic heterocycles. The van der Waals surface area contributed by atoms with Crippen molar-refractivity contribution in [2.24, 2.45) is 0 Å². The SMILES string of the molecule is N#Cc1ccc(-c2ccc(C(=O)N(C3CC3)C3CCc4[nH]ncc4C3)cc2)cc1. The lowest BCUT2D eigenvalue weighted by molar-refractivity contribution is 0.0643. The monoisotopic (exact) mass is 382 g/mol. The van der Waals surface area contributed by atoms with Gasteiger partial charge in [0.05, 0.1) is 17.8 Å². The zero-order valence-electron chi connectivity index (χ0n) is 16.1. The lowest BCUT2D eigenvalue weighted by Crippen LogP contribution is -2.44. The molecule has 144 valence electrons. The zero-order valence-corrected chi connectivity index (χ0v) is 16.1. The predicted molar refractivity (Wildman–Crippen MR) is 110 cm³/mol. The number of nitrogens with zero attached hydrogens (tertiary/aromatic N) is 3. The highest BCUT2D eigenvalue weighted by Crippen LogP contribution is 2.34. The van der Waals surface area contributed by atoms with Gasteiger partial charge in [-0.1, -0.05) is 24.3 Å². The molecule has 2 aromatic carbocycles. The minimum atomic E-state index is 0.135. The van der Waals surface area contributed by atoms with Gasteiger partial charge in [0.15, 0.2) is 0 Å². The average Bonchev–Trinajstić information content (AvgIpc) is 3.49. The number of H-pyrrole nitrogens is 1. The molecule has 0 aliphatic heterocycles. The Morgan fingerprint density at radius 1 is 1.00 bits per heavy atom. The molecule has 1 heterocycles. The molecular weight excluding hydrogens is 360 g/mol. The number of aromatic amines is 1. The third-order valence-corrected chi connectivity index (χ3v) is 6.04. The molecule has 2 aliphatic carbocycles. The molecule has 5 rings (SSSR count). The van der Waals surface area contributed by atoms with Crippen molar-refractivity contribution in [3.8, 4) is 17.2 Å². The zero-order chi connectivity index (χ0) is 19.8. The molecule has 5 nitrogen and oxygen atoms in total. The van der Waals surface area contributed by atoms with Crippen molar-refractivity contribution in [3.63, 3.8) is 0 Å². The highest BCUT2D eigenvalue weighted by molar-refractivity contribution is 5.95. The summed E-state index contributed by atoms with van der Waals surface area (Å²) in [4.78, 5) is 15.5. The third-order valence-electron chi connectivity index (χ3n) is 6.04. The van der Waals surface area contributed by atoms with E-state index in [0.29, 0.717) is 11.6 Å². The van der Waals surface area contributed by atoms with E-state index >= 15 is 0 Å². The topological polar surface area (TPSA) is 72.8 Å².